The summed E-state index contributed by atoms with van der Waals surface area (Å²) in [4.78, 5) is 30.0. The summed E-state index contributed by atoms with van der Waals surface area (Å²) >= 11 is 7.25. The lowest BCUT2D eigenvalue weighted by Crippen LogP contribution is -2.51. The number of aromatic nitrogens is 3. The normalized spacial score (nSPS) is 17.0. The molecule has 3 N–H and O–H groups in total. The van der Waals surface area contributed by atoms with Gasteiger partial charge in [-0.3, -0.25) is 14.7 Å². The van der Waals surface area contributed by atoms with Gasteiger partial charge in [-0.15, -0.1) is 5.10 Å². The third-order valence-electron chi connectivity index (χ3n) is 4.36. The fourth-order valence-electron chi connectivity index (χ4n) is 3.03. The topological polar surface area (TPSA) is 114 Å². The van der Waals surface area contributed by atoms with E-state index in [-0.39, 0.29) is 11.7 Å². The number of benzene rings is 1. The van der Waals surface area contributed by atoms with E-state index in [1.807, 2.05) is 0 Å². The van der Waals surface area contributed by atoms with E-state index < -0.39 is 11.9 Å². The molecule has 27 heavy (non-hydrogen) atoms. The number of methoxy groups -OCH3 is 1. The van der Waals surface area contributed by atoms with Crippen molar-refractivity contribution in [1.29, 1.82) is 0 Å². The molecule has 1 aromatic heterocycles. The molecule has 1 aliphatic heterocycles. The lowest BCUT2D eigenvalue weighted by atomic mass is 10.0. The second-order valence-electron chi connectivity index (χ2n) is 6.10. The van der Waals surface area contributed by atoms with Crippen LogP contribution in [0.2, 0.25) is 5.02 Å². The number of carbonyl (C=O) groups excluding carboxylic acids is 2. The molecule has 0 unspecified atom stereocenters. The van der Waals surface area contributed by atoms with Crippen molar-refractivity contribution in [2.24, 2.45) is 5.73 Å². The smallest absolute Gasteiger partial charge is 0.240 e. The van der Waals surface area contributed by atoms with Crippen LogP contribution in [0, 0.1) is 0 Å². The first-order chi connectivity index (χ1) is 13.0. The number of carbonyl (C=O) groups is 2. The summed E-state index contributed by atoms with van der Waals surface area (Å²) in [5.74, 6) is 0.642. The number of amides is 2. The zero-order valence-electron chi connectivity index (χ0n) is 14.8. The number of nitrogens with one attached hydrogen (secondary N) is 1. The summed E-state index contributed by atoms with van der Waals surface area (Å²) in [5, 5.41) is 7.94. The van der Waals surface area contributed by atoms with Crippen molar-refractivity contribution in [3.8, 4) is 17.1 Å². The van der Waals surface area contributed by atoms with Crippen LogP contribution in [0.4, 0.5) is 0 Å². The van der Waals surface area contributed by atoms with Crippen molar-refractivity contribution < 1.29 is 14.3 Å². The SMILES string of the molecule is COc1ccc(Cl)cc1-c1nc(SCC(=O)N2CCCC[C@@H]2C(N)=O)n[nH]1. The van der Waals surface area contributed by atoms with Crippen molar-refractivity contribution in [3.63, 3.8) is 0 Å². The van der Waals surface area contributed by atoms with E-state index in [0.29, 0.717) is 40.3 Å². The van der Waals surface area contributed by atoms with E-state index in [4.69, 9.17) is 22.1 Å². The second kappa shape index (κ2) is 8.62. The first-order valence-electron chi connectivity index (χ1n) is 8.47. The summed E-state index contributed by atoms with van der Waals surface area (Å²) in [6, 6.07) is 4.68. The van der Waals surface area contributed by atoms with E-state index in [1.165, 1.54) is 11.8 Å². The predicted octanol–water partition coefficient (Wildman–Crippen LogP) is 2.09. The van der Waals surface area contributed by atoms with Crippen LogP contribution < -0.4 is 10.5 Å². The fraction of sp³-hybridized carbons (Fsp3) is 0.412. The molecule has 0 spiro atoms. The number of H-pyrrole nitrogens is 1. The van der Waals surface area contributed by atoms with Crippen LogP contribution in [-0.2, 0) is 9.59 Å². The van der Waals surface area contributed by atoms with E-state index >= 15 is 0 Å². The Kier molecular flexibility index (Phi) is 6.22. The number of thioether (sulfide) groups is 1. The van der Waals surface area contributed by atoms with Crippen molar-refractivity contribution in [2.75, 3.05) is 19.4 Å². The van der Waals surface area contributed by atoms with Crippen LogP contribution in [-0.4, -0.2) is 57.3 Å². The van der Waals surface area contributed by atoms with Gasteiger partial charge >= 0.3 is 0 Å². The van der Waals surface area contributed by atoms with Crippen LogP contribution in [0.5, 0.6) is 5.75 Å². The lowest BCUT2D eigenvalue weighted by molar-refractivity contribution is -0.138. The average molecular weight is 410 g/mol. The molecule has 2 heterocycles. The number of hydrogen-bond donors (Lipinski definition) is 2. The van der Waals surface area contributed by atoms with Gasteiger partial charge in [-0.2, -0.15) is 0 Å². The molecule has 0 saturated carbocycles. The summed E-state index contributed by atoms with van der Waals surface area (Å²) in [7, 11) is 1.56. The number of nitrogens with zero attached hydrogens (tertiary/aromatic N) is 3. The Balaban J connectivity index is 1.67. The largest absolute Gasteiger partial charge is 0.496 e. The van der Waals surface area contributed by atoms with Gasteiger partial charge < -0.3 is 15.4 Å². The minimum absolute atomic E-state index is 0.133. The predicted molar refractivity (Wildman–Crippen MR) is 103 cm³/mol. The summed E-state index contributed by atoms with van der Waals surface area (Å²) in [6.07, 6.45) is 2.39. The van der Waals surface area contributed by atoms with Crippen LogP contribution in [0.25, 0.3) is 11.4 Å². The number of piperidine rings is 1. The molecule has 10 heteroatoms. The molecular weight excluding hydrogens is 390 g/mol. The highest BCUT2D eigenvalue weighted by atomic mass is 35.5. The van der Waals surface area contributed by atoms with Gasteiger partial charge in [-0.05, 0) is 37.5 Å². The molecule has 3 rings (SSSR count). The zero-order chi connectivity index (χ0) is 19.4. The number of halogens is 1. The minimum Gasteiger partial charge on any atom is -0.496 e. The molecular formula is C17H20ClN5O3S. The van der Waals surface area contributed by atoms with Gasteiger partial charge in [0.15, 0.2) is 5.82 Å². The van der Waals surface area contributed by atoms with Crippen molar-refractivity contribution in [2.45, 2.75) is 30.5 Å². The molecule has 2 amide bonds. The van der Waals surface area contributed by atoms with Crippen LogP contribution in [0.3, 0.4) is 0 Å². The third-order valence-corrected chi connectivity index (χ3v) is 5.43. The highest BCUT2D eigenvalue weighted by Crippen LogP contribution is 2.31. The summed E-state index contributed by atoms with van der Waals surface area (Å²) < 4.78 is 5.32. The number of aromatic amines is 1. The van der Waals surface area contributed by atoms with Gasteiger partial charge in [0, 0.05) is 11.6 Å². The zero-order valence-corrected chi connectivity index (χ0v) is 16.3. The molecule has 2 aromatic rings. The highest BCUT2D eigenvalue weighted by Gasteiger charge is 2.30. The molecule has 144 valence electrons. The Morgan fingerprint density at radius 3 is 3.00 bits per heavy atom. The molecule has 1 atom stereocenters. The number of likely N-dealkylation sites (tertiary alicyclic amines) is 1. The maximum atomic E-state index is 12.5. The Morgan fingerprint density at radius 1 is 1.44 bits per heavy atom. The van der Waals surface area contributed by atoms with E-state index in [2.05, 4.69) is 15.2 Å². The van der Waals surface area contributed by atoms with Gasteiger partial charge in [0.2, 0.25) is 17.0 Å². The van der Waals surface area contributed by atoms with Crippen LogP contribution in [0.1, 0.15) is 19.3 Å². The van der Waals surface area contributed by atoms with Gasteiger partial charge in [0.1, 0.15) is 11.8 Å². The number of primary amides is 1. The van der Waals surface area contributed by atoms with Gasteiger partial charge in [-0.1, -0.05) is 23.4 Å². The lowest BCUT2D eigenvalue weighted by Gasteiger charge is -2.33. The maximum Gasteiger partial charge on any atom is 0.240 e. The Morgan fingerprint density at radius 2 is 2.26 bits per heavy atom. The third kappa shape index (κ3) is 4.54. The maximum absolute atomic E-state index is 12.5. The van der Waals surface area contributed by atoms with Crippen molar-refractivity contribution in [1.82, 2.24) is 20.1 Å². The average Bonchev–Trinajstić information content (AvgIpc) is 3.15. The molecule has 0 aliphatic carbocycles. The molecule has 1 fully saturated rings. The molecule has 0 bridgehead atoms. The second-order valence-corrected chi connectivity index (χ2v) is 7.48. The fourth-order valence-corrected chi connectivity index (χ4v) is 3.89. The Labute approximate surface area is 165 Å². The molecule has 1 aromatic carbocycles. The van der Waals surface area contributed by atoms with Crippen LogP contribution in [0.15, 0.2) is 23.4 Å². The molecule has 1 saturated heterocycles. The Bertz CT molecular complexity index is 844. The molecule has 1 aliphatic rings. The number of ether oxygens (including phenoxy) is 1. The van der Waals surface area contributed by atoms with Gasteiger partial charge in [0.25, 0.3) is 0 Å². The van der Waals surface area contributed by atoms with Crippen LogP contribution >= 0.6 is 23.4 Å². The number of rotatable bonds is 6. The van der Waals surface area contributed by atoms with E-state index in [1.54, 1.807) is 30.2 Å². The van der Waals surface area contributed by atoms with E-state index in [0.717, 1.165) is 12.8 Å². The minimum atomic E-state index is -0.523. The molecule has 0 radical (unpaired) electrons. The summed E-state index contributed by atoms with van der Waals surface area (Å²) in [6.45, 7) is 0.548. The quantitative estimate of drug-likeness (QED) is 0.706. The molecule has 8 nitrogen and oxygen atoms in total. The highest BCUT2D eigenvalue weighted by molar-refractivity contribution is 7.99. The standard InChI is InChI=1S/C17H20ClN5O3S/c1-26-13-6-5-10(18)8-11(13)16-20-17(22-21-16)27-9-14(24)23-7-3-2-4-12(23)15(19)25/h5-6,8,12H,2-4,7,9H2,1H3,(H2,19,25)(H,20,21,22)/t12-/m1/s1. The van der Waals surface area contributed by atoms with Crippen molar-refractivity contribution >= 4 is 35.2 Å². The number of hydrogen-bond acceptors (Lipinski definition) is 6. The van der Waals surface area contributed by atoms with Crippen molar-refractivity contribution in [3.05, 3.63) is 23.2 Å². The first-order valence-corrected chi connectivity index (χ1v) is 9.84. The van der Waals surface area contributed by atoms with Gasteiger partial charge in [0.05, 0.1) is 18.4 Å². The monoisotopic (exact) mass is 409 g/mol. The Hall–Kier alpha value is -2.26. The van der Waals surface area contributed by atoms with E-state index in [9.17, 15) is 9.59 Å². The first kappa shape index (κ1) is 19.5. The van der Waals surface area contributed by atoms with Gasteiger partial charge in [-0.25, -0.2) is 4.98 Å². The summed E-state index contributed by atoms with van der Waals surface area (Å²) in [5.41, 5.74) is 6.10. The number of nitrogens with two attached hydrogens (primary N) is 1.